The molecular formula is C28H25N3O4. The molecule has 7 nitrogen and oxygen atoms in total. The van der Waals surface area contributed by atoms with Crippen molar-refractivity contribution in [1.82, 2.24) is 9.55 Å². The van der Waals surface area contributed by atoms with Gasteiger partial charge in [-0.15, -0.1) is 0 Å². The molecule has 1 aromatic heterocycles. The third kappa shape index (κ3) is 3.22. The number of hydrogen-bond acceptors (Lipinski definition) is 5. The lowest BCUT2D eigenvalue weighted by Gasteiger charge is -2.30. The minimum Gasteiger partial charge on any atom is -0.493 e. The topological polar surface area (TPSA) is 85.6 Å². The fourth-order valence-electron chi connectivity index (χ4n) is 5.97. The van der Waals surface area contributed by atoms with E-state index < -0.39 is 5.97 Å². The molecule has 3 atom stereocenters. The minimum absolute atomic E-state index is 0.0318. The zero-order valence-corrected chi connectivity index (χ0v) is 19.1. The first-order valence-electron chi connectivity index (χ1n) is 12.1. The lowest BCUT2D eigenvalue weighted by molar-refractivity contribution is -0.137. The highest BCUT2D eigenvalue weighted by molar-refractivity contribution is 5.80. The largest absolute Gasteiger partial charge is 0.493 e. The van der Waals surface area contributed by atoms with E-state index in [1.54, 1.807) is 0 Å². The highest BCUT2D eigenvalue weighted by atomic mass is 16.5. The number of fused-ring (bicyclic) bond motifs is 9. The standard InChI is InChI=1S/C28H25N3O4/c32-25(33)12-17-15-35-24-13-18(8-9-19(17)24)29-14-16-4-3-7-23-26(16)20-10-11-34-27(20)28-30-21-5-1-2-6-22(21)31(23)28/h1-9,13,17,20,27,29H,10-12,14-15H2,(H,32,33)/t17-,20?,27+/m1/s1. The van der Waals surface area contributed by atoms with Crippen molar-refractivity contribution in [3.8, 4) is 11.4 Å². The van der Waals surface area contributed by atoms with Crippen LogP contribution in [0.15, 0.2) is 60.7 Å². The van der Waals surface area contributed by atoms with Crippen molar-refractivity contribution >= 4 is 22.7 Å². The molecule has 3 aromatic carbocycles. The first-order valence-corrected chi connectivity index (χ1v) is 12.1. The van der Waals surface area contributed by atoms with Gasteiger partial charge < -0.3 is 19.9 Å². The number of carboxylic acid groups (broad SMARTS) is 1. The summed E-state index contributed by atoms with van der Waals surface area (Å²) in [5, 5.41) is 12.7. The number of imidazole rings is 1. The van der Waals surface area contributed by atoms with Gasteiger partial charge in [0.25, 0.3) is 0 Å². The molecule has 1 saturated heterocycles. The number of benzene rings is 3. The fourth-order valence-corrected chi connectivity index (χ4v) is 5.97. The van der Waals surface area contributed by atoms with Gasteiger partial charge >= 0.3 is 5.97 Å². The highest BCUT2D eigenvalue weighted by Crippen LogP contribution is 2.50. The maximum absolute atomic E-state index is 11.1. The first kappa shape index (κ1) is 20.5. The monoisotopic (exact) mass is 467 g/mol. The molecule has 7 rings (SSSR count). The smallest absolute Gasteiger partial charge is 0.304 e. The van der Waals surface area contributed by atoms with E-state index in [1.165, 1.54) is 16.8 Å². The van der Waals surface area contributed by atoms with Gasteiger partial charge in [0.1, 0.15) is 17.7 Å². The van der Waals surface area contributed by atoms with Gasteiger partial charge in [-0.05, 0) is 41.8 Å². The number of para-hydroxylation sites is 2. The Morgan fingerprint density at radius 3 is 2.97 bits per heavy atom. The highest BCUT2D eigenvalue weighted by Gasteiger charge is 2.41. The molecule has 2 N–H and O–H groups in total. The molecular weight excluding hydrogens is 442 g/mol. The van der Waals surface area contributed by atoms with Gasteiger partial charge in [-0.3, -0.25) is 9.36 Å². The summed E-state index contributed by atoms with van der Waals surface area (Å²) in [7, 11) is 0. The number of aliphatic carboxylic acids is 1. The van der Waals surface area contributed by atoms with Crippen LogP contribution in [0.1, 0.15) is 53.3 Å². The predicted molar refractivity (Wildman–Crippen MR) is 131 cm³/mol. The molecule has 3 aliphatic heterocycles. The van der Waals surface area contributed by atoms with Crippen molar-refractivity contribution in [1.29, 1.82) is 0 Å². The molecule has 0 aliphatic carbocycles. The molecule has 4 heterocycles. The fraction of sp³-hybridized carbons (Fsp3) is 0.286. The minimum atomic E-state index is -0.800. The number of carbonyl (C=O) groups is 1. The molecule has 4 aromatic rings. The molecule has 0 amide bonds. The number of carboxylic acids is 1. The zero-order chi connectivity index (χ0) is 23.5. The Bertz CT molecular complexity index is 1480. The average Bonchev–Trinajstić information content (AvgIpc) is 3.59. The summed E-state index contributed by atoms with van der Waals surface area (Å²) >= 11 is 0. The second-order valence-electron chi connectivity index (χ2n) is 9.54. The molecule has 1 unspecified atom stereocenters. The Labute approximate surface area is 202 Å². The quantitative estimate of drug-likeness (QED) is 0.422. The van der Waals surface area contributed by atoms with Crippen LogP contribution < -0.4 is 10.1 Å². The SMILES string of the molecule is O=C(O)C[C@@H]1COc2cc(NCc3cccc4c3C3CCO[C@@H]3c3nc5ccccc5n3-4)ccc21. The third-order valence-corrected chi connectivity index (χ3v) is 7.52. The predicted octanol–water partition coefficient (Wildman–Crippen LogP) is 5.15. The van der Waals surface area contributed by atoms with Gasteiger partial charge in [0, 0.05) is 42.3 Å². The Morgan fingerprint density at radius 2 is 2.06 bits per heavy atom. The van der Waals surface area contributed by atoms with Gasteiger partial charge in [-0.2, -0.15) is 0 Å². The van der Waals surface area contributed by atoms with E-state index in [4.69, 9.17) is 19.6 Å². The van der Waals surface area contributed by atoms with E-state index in [1.807, 2.05) is 24.3 Å². The lowest BCUT2D eigenvalue weighted by atomic mass is 9.84. The van der Waals surface area contributed by atoms with Crippen LogP contribution >= 0.6 is 0 Å². The third-order valence-electron chi connectivity index (χ3n) is 7.52. The second kappa shape index (κ2) is 7.85. The molecule has 0 radical (unpaired) electrons. The number of aromatic nitrogens is 2. The molecule has 0 spiro atoms. The number of nitrogens with zero attached hydrogens (tertiary/aromatic N) is 2. The van der Waals surface area contributed by atoms with Crippen molar-refractivity contribution in [2.75, 3.05) is 18.5 Å². The molecule has 0 bridgehead atoms. The normalized spacial score (nSPS) is 21.7. The van der Waals surface area contributed by atoms with Crippen LogP contribution in [0.5, 0.6) is 5.75 Å². The van der Waals surface area contributed by atoms with Crippen LogP contribution in [-0.4, -0.2) is 33.8 Å². The number of nitrogens with one attached hydrogen (secondary N) is 1. The van der Waals surface area contributed by atoms with E-state index in [-0.39, 0.29) is 24.4 Å². The summed E-state index contributed by atoms with van der Waals surface area (Å²) in [4.78, 5) is 16.1. The first-order chi connectivity index (χ1) is 17.2. The number of ether oxygens (including phenoxy) is 2. The van der Waals surface area contributed by atoms with Crippen molar-refractivity contribution < 1.29 is 19.4 Å². The van der Waals surface area contributed by atoms with Gasteiger partial charge in [0.2, 0.25) is 0 Å². The number of hydrogen-bond donors (Lipinski definition) is 2. The number of anilines is 1. The maximum Gasteiger partial charge on any atom is 0.304 e. The second-order valence-corrected chi connectivity index (χ2v) is 9.54. The molecule has 3 aliphatic rings. The molecule has 176 valence electrons. The summed E-state index contributed by atoms with van der Waals surface area (Å²) in [5.74, 6) is 1.17. The van der Waals surface area contributed by atoms with Crippen molar-refractivity contribution in [2.24, 2.45) is 0 Å². The Morgan fingerprint density at radius 1 is 1.14 bits per heavy atom. The van der Waals surface area contributed by atoms with Crippen LogP contribution in [0.25, 0.3) is 16.7 Å². The summed E-state index contributed by atoms with van der Waals surface area (Å²) in [5.41, 5.74) is 7.80. The van der Waals surface area contributed by atoms with Gasteiger partial charge in [0.15, 0.2) is 0 Å². The van der Waals surface area contributed by atoms with E-state index in [9.17, 15) is 4.79 Å². The summed E-state index contributed by atoms with van der Waals surface area (Å²) in [6, 6.07) is 20.8. The van der Waals surface area contributed by atoms with Crippen LogP contribution in [0.4, 0.5) is 5.69 Å². The molecule has 1 fully saturated rings. The van der Waals surface area contributed by atoms with Gasteiger partial charge in [0.05, 0.1) is 29.7 Å². The molecule has 7 heteroatoms. The Hall–Kier alpha value is -3.84. The van der Waals surface area contributed by atoms with Crippen molar-refractivity contribution in [3.63, 3.8) is 0 Å². The van der Waals surface area contributed by atoms with Crippen LogP contribution in [0.3, 0.4) is 0 Å². The summed E-state index contributed by atoms with van der Waals surface area (Å²) in [6.45, 7) is 1.83. The lowest BCUT2D eigenvalue weighted by Crippen LogP contribution is -2.22. The molecule has 35 heavy (non-hydrogen) atoms. The van der Waals surface area contributed by atoms with E-state index in [2.05, 4.69) is 46.3 Å². The van der Waals surface area contributed by atoms with Crippen molar-refractivity contribution in [3.05, 3.63) is 83.2 Å². The summed E-state index contributed by atoms with van der Waals surface area (Å²) < 4.78 is 14.3. The van der Waals surface area contributed by atoms with Gasteiger partial charge in [-0.25, -0.2) is 4.98 Å². The van der Waals surface area contributed by atoms with E-state index >= 15 is 0 Å². The Balaban J connectivity index is 1.23. The van der Waals surface area contributed by atoms with E-state index in [0.29, 0.717) is 13.2 Å². The van der Waals surface area contributed by atoms with Crippen LogP contribution in [-0.2, 0) is 16.1 Å². The summed E-state index contributed by atoms with van der Waals surface area (Å²) in [6.07, 6.45) is 1.04. The Kier molecular flexibility index (Phi) is 4.60. The average molecular weight is 468 g/mol. The maximum atomic E-state index is 11.1. The molecule has 0 saturated carbocycles. The van der Waals surface area contributed by atoms with Crippen LogP contribution in [0.2, 0.25) is 0 Å². The van der Waals surface area contributed by atoms with E-state index in [0.717, 1.165) is 46.9 Å². The van der Waals surface area contributed by atoms with Gasteiger partial charge in [-0.1, -0.05) is 30.3 Å². The van der Waals surface area contributed by atoms with Crippen molar-refractivity contribution in [2.45, 2.75) is 37.3 Å². The van der Waals surface area contributed by atoms with Crippen LogP contribution in [0, 0.1) is 0 Å². The number of rotatable bonds is 5. The zero-order valence-electron chi connectivity index (χ0n) is 19.1.